The molecule has 0 spiro atoms. The van der Waals surface area contributed by atoms with Gasteiger partial charge in [-0.2, -0.15) is 0 Å². The van der Waals surface area contributed by atoms with Gasteiger partial charge in [-0.25, -0.2) is 0 Å². The average Bonchev–Trinajstić information content (AvgIpc) is 2.18. The van der Waals surface area contributed by atoms with Crippen molar-refractivity contribution in [2.45, 2.75) is 19.4 Å². The number of hydrogen-bond acceptors (Lipinski definition) is 3. The monoisotopic (exact) mass is 228 g/mol. The Morgan fingerprint density at radius 2 is 2.33 bits per heavy atom. The average molecular weight is 229 g/mol. The summed E-state index contributed by atoms with van der Waals surface area (Å²) in [5.74, 6) is -0.412. The summed E-state index contributed by atoms with van der Waals surface area (Å²) in [4.78, 5) is 11.1. The number of ether oxygens (including phenoxy) is 1. The van der Waals surface area contributed by atoms with Crippen molar-refractivity contribution in [1.29, 1.82) is 0 Å². The number of benzene rings is 1. The zero-order valence-electron chi connectivity index (χ0n) is 8.44. The molecular weight excluding hydrogens is 216 g/mol. The first kappa shape index (κ1) is 12.0. The topological polar surface area (TPSA) is 46.5 Å². The van der Waals surface area contributed by atoms with Crippen LogP contribution in [0.4, 0.5) is 0 Å². The lowest BCUT2D eigenvalue weighted by Crippen LogP contribution is -2.09. The Balaban J connectivity index is 2.60. The lowest BCUT2D eigenvalue weighted by Gasteiger charge is -2.10. The van der Waals surface area contributed by atoms with Gasteiger partial charge in [0.05, 0.1) is 19.1 Å². The predicted molar refractivity (Wildman–Crippen MR) is 57.7 cm³/mol. The van der Waals surface area contributed by atoms with E-state index in [0.29, 0.717) is 17.2 Å². The number of rotatable bonds is 4. The number of carbonyl (C=O) groups excluding carboxylic acids is 1. The summed E-state index contributed by atoms with van der Waals surface area (Å²) < 4.78 is 4.73. The second-order valence-electron chi connectivity index (χ2n) is 3.08. The van der Waals surface area contributed by atoms with Gasteiger partial charge >= 0.3 is 5.97 Å². The van der Waals surface area contributed by atoms with E-state index in [0.717, 1.165) is 0 Å². The van der Waals surface area contributed by atoms with Gasteiger partial charge in [0.2, 0.25) is 0 Å². The zero-order chi connectivity index (χ0) is 11.3. The molecule has 82 valence electrons. The van der Waals surface area contributed by atoms with Crippen LogP contribution in [-0.2, 0) is 9.53 Å². The first-order valence-electron chi connectivity index (χ1n) is 4.72. The highest BCUT2D eigenvalue weighted by Crippen LogP contribution is 2.20. The van der Waals surface area contributed by atoms with Crippen molar-refractivity contribution in [2.75, 3.05) is 6.61 Å². The van der Waals surface area contributed by atoms with Gasteiger partial charge in [-0.05, 0) is 24.6 Å². The third-order valence-corrected chi connectivity index (χ3v) is 2.13. The van der Waals surface area contributed by atoms with Crippen LogP contribution in [0.2, 0.25) is 5.02 Å². The molecule has 0 aliphatic heterocycles. The Morgan fingerprint density at radius 3 is 2.93 bits per heavy atom. The first-order valence-corrected chi connectivity index (χ1v) is 5.10. The molecule has 1 aromatic rings. The molecule has 1 rings (SSSR count). The SMILES string of the molecule is CCOC(=O)C[C@@H](O)c1cccc(Cl)c1. The van der Waals surface area contributed by atoms with Crippen LogP contribution in [0.15, 0.2) is 24.3 Å². The summed E-state index contributed by atoms with van der Waals surface area (Å²) in [5.41, 5.74) is 0.621. The number of halogens is 1. The van der Waals surface area contributed by atoms with Crippen molar-refractivity contribution < 1.29 is 14.6 Å². The summed E-state index contributed by atoms with van der Waals surface area (Å²) in [7, 11) is 0. The minimum Gasteiger partial charge on any atom is -0.466 e. The molecule has 0 unspecified atom stereocenters. The molecule has 0 saturated carbocycles. The fraction of sp³-hybridized carbons (Fsp3) is 0.364. The molecule has 4 heteroatoms. The van der Waals surface area contributed by atoms with Crippen LogP contribution in [-0.4, -0.2) is 17.7 Å². The summed E-state index contributed by atoms with van der Waals surface area (Å²) in [6.45, 7) is 2.05. The predicted octanol–water partition coefficient (Wildman–Crippen LogP) is 2.33. The van der Waals surface area contributed by atoms with E-state index in [-0.39, 0.29) is 6.42 Å². The largest absolute Gasteiger partial charge is 0.466 e. The Hall–Kier alpha value is -1.06. The summed E-state index contributed by atoms with van der Waals surface area (Å²) in [6, 6.07) is 6.79. The van der Waals surface area contributed by atoms with Gasteiger partial charge < -0.3 is 9.84 Å². The number of aliphatic hydroxyl groups excluding tert-OH is 1. The molecule has 1 aromatic carbocycles. The van der Waals surface area contributed by atoms with E-state index in [1.165, 1.54) is 0 Å². The smallest absolute Gasteiger partial charge is 0.308 e. The normalized spacial score (nSPS) is 12.2. The van der Waals surface area contributed by atoms with E-state index in [9.17, 15) is 9.90 Å². The third kappa shape index (κ3) is 3.90. The highest BCUT2D eigenvalue weighted by atomic mass is 35.5. The minimum absolute atomic E-state index is 0.0474. The van der Waals surface area contributed by atoms with Crippen molar-refractivity contribution in [2.24, 2.45) is 0 Å². The van der Waals surface area contributed by atoms with Crippen molar-refractivity contribution in [3.63, 3.8) is 0 Å². The maximum atomic E-state index is 11.1. The molecule has 1 N–H and O–H groups in total. The Bertz CT molecular complexity index is 338. The summed E-state index contributed by atoms with van der Waals surface area (Å²) in [6.07, 6.45) is -0.906. The van der Waals surface area contributed by atoms with Gasteiger partial charge in [0, 0.05) is 5.02 Å². The molecule has 0 amide bonds. The van der Waals surface area contributed by atoms with Crippen LogP contribution in [0.25, 0.3) is 0 Å². The highest BCUT2D eigenvalue weighted by molar-refractivity contribution is 6.30. The quantitative estimate of drug-likeness (QED) is 0.805. The van der Waals surface area contributed by atoms with E-state index in [4.69, 9.17) is 16.3 Å². The molecule has 0 fully saturated rings. The van der Waals surface area contributed by atoms with Gasteiger partial charge in [-0.15, -0.1) is 0 Å². The molecule has 3 nitrogen and oxygen atoms in total. The van der Waals surface area contributed by atoms with Gasteiger partial charge in [0.15, 0.2) is 0 Å². The van der Waals surface area contributed by atoms with Crippen LogP contribution in [0.3, 0.4) is 0 Å². The van der Waals surface area contributed by atoms with Gasteiger partial charge in [0.1, 0.15) is 0 Å². The van der Waals surface area contributed by atoms with Crippen LogP contribution in [0.1, 0.15) is 25.0 Å². The second-order valence-corrected chi connectivity index (χ2v) is 3.52. The maximum Gasteiger partial charge on any atom is 0.308 e. The highest BCUT2D eigenvalue weighted by Gasteiger charge is 2.13. The third-order valence-electron chi connectivity index (χ3n) is 1.90. The molecular formula is C11H13ClO3. The van der Waals surface area contributed by atoms with E-state index < -0.39 is 12.1 Å². The number of esters is 1. The standard InChI is InChI=1S/C11H13ClO3/c1-2-15-11(14)7-10(13)8-4-3-5-9(12)6-8/h3-6,10,13H,2,7H2,1H3/t10-/m1/s1. The van der Waals surface area contributed by atoms with Crippen LogP contribution in [0, 0.1) is 0 Å². The number of aliphatic hydroxyl groups is 1. The molecule has 0 bridgehead atoms. The van der Waals surface area contributed by atoms with Crippen LogP contribution in [0.5, 0.6) is 0 Å². The van der Waals surface area contributed by atoms with Gasteiger partial charge in [-0.1, -0.05) is 23.7 Å². The molecule has 0 saturated heterocycles. The Labute approximate surface area is 93.6 Å². The second kappa shape index (κ2) is 5.73. The van der Waals surface area contributed by atoms with Crippen molar-refractivity contribution in [3.8, 4) is 0 Å². The van der Waals surface area contributed by atoms with E-state index in [2.05, 4.69) is 0 Å². The molecule has 1 atom stereocenters. The van der Waals surface area contributed by atoms with Crippen molar-refractivity contribution in [3.05, 3.63) is 34.9 Å². The lowest BCUT2D eigenvalue weighted by molar-refractivity contribution is -0.145. The van der Waals surface area contributed by atoms with E-state index in [1.54, 1.807) is 31.2 Å². The number of carbonyl (C=O) groups is 1. The molecule has 0 radical (unpaired) electrons. The van der Waals surface area contributed by atoms with Crippen molar-refractivity contribution >= 4 is 17.6 Å². The zero-order valence-corrected chi connectivity index (χ0v) is 9.20. The first-order chi connectivity index (χ1) is 7.13. The fourth-order valence-corrected chi connectivity index (χ4v) is 1.41. The molecule has 0 aliphatic rings. The molecule has 15 heavy (non-hydrogen) atoms. The lowest BCUT2D eigenvalue weighted by atomic mass is 10.1. The fourth-order valence-electron chi connectivity index (χ4n) is 1.21. The van der Waals surface area contributed by atoms with Crippen molar-refractivity contribution in [1.82, 2.24) is 0 Å². The van der Waals surface area contributed by atoms with Crippen LogP contribution < -0.4 is 0 Å². The van der Waals surface area contributed by atoms with Gasteiger partial charge in [-0.3, -0.25) is 4.79 Å². The maximum absolute atomic E-state index is 11.1. The Kier molecular flexibility index (Phi) is 4.59. The number of hydrogen-bond donors (Lipinski definition) is 1. The molecule has 0 heterocycles. The molecule has 0 aliphatic carbocycles. The van der Waals surface area contributed by atoms with E-state index >= 15 is 0 Å². The Morgan fingerprint density at radius 1 is 1.60 bits per heavy atom. The summed E-state index contributed by atoms with van der Waals surface area (Å²) in [5, 5.41) is 10.2. The van der Waals surface area contributed by atoms with E-state index in [1.807, 2.05) is 0 Å². The van der Waals surface area contributed by atoms with Crippen LogP contribution >= 0.6 is 11.6 Å². The molecule has 0 aromatic heterocycles. The minimum atomic E-state index is -0.859. The summed E-state index contributed by atoms with van der Waals surface area (Å²) >= 11 is 5.76. The van der Waals surface area contributed by atoms with Gasteiger partial charge in [0.25, 0.3) is 0 Å².